The van der Waals surface area contributed by atoms with Crippen LogP contribution in [-0.4, -0.2) is 0 Å². The van der Waals surface area contributed by atoms with Gasteiger partial charge in [0.05, 0.1) is 0 Å². The van der Waals surface area contributed by atoms with Crippen LogP contribution in [0.2, 0.25) is 0 Å². The molecule has 0 atom stereocenters. The molecule has 0 spiro atoms. The van der Waals surface area contributed by atoms with Gasteiger partial charge < -0.3 is 34.0 Å². The summed E-state index contributed by atoms with van der Waals surface area (Å²) in [6.45, 7) is 0. The summed E-state index contributed by atoms with van der Waals surface area (Å²) < 4.78 is 0. The monoisotopic (exact) mass is 348 g/mol. The summed E-state index contributed by atoms with van der Waals surface area (Å²) in [4.78, 5) is 0. The second kappa shape index (κ2) is 15.7. The van der Waals surface area contributed by atoms with Crippen molar-refractivity contribution in [1.82, 2.24) is 0 Å². The Morgan fingerprint density at radius 1 is 0.714 bits per heavy atom. The Morgan fingerprint density at radius 3 is 1.36 bits per heavy atom. The summed E-state index contributed by atoms with van der Waals surface area (Å²) in [5.74, 6) is 0. The van der Waals surface area contributed by atoms with Gasteiger partial charge in [0.25, 0.3) is 0 Å². The average molecular weight is 350 g/mol. The number of rotatable bonds is 0. The Hall–Kier alpha value is 0.244. The number of hydrogen-bond donors (Lipinski definition) is 0. The quantitative estimate of drug-likeness (QED) is 0.349. The fraction of sp³-hybridized carbons (Fsp3) is 0. The zero-order chi connectivity index (χ0) is 7.78. The molecule has 72 valence electrons. The van der Waals surface area contributed by atoms with Crippen LogP contribution in [0.15, 0.2) is 60.7 Å². The van der Waals surface area contributed by atoms with Crippen LogP contribution in [0.4, 0.5) is 0 Å². The molecule has 14 heavy (non-hydrogen) atoms. The number of halogens is 2. The van der Waals surface area contributed by atoms with Crippen LogP contribution in [0, 0.1) is 6.07 Å². The SMILES string of the molecule is [Br-].[Br-].[Ti+4].[c-]1ccccc1.c1cc[cH-]c1. The van der Waals surface area contributed by atoms with E-state index in [-0.39, 0.29) is 55.7 Å². The molecule has 2 aromatic carbocycles. The van der Waals surface area contributed by atoms with Gasteiger partial charge in [-0.1, -0.05) is 0 Å². The molecule has 0 aliphatic carbocycles. The van der Waals surface area contributed by atoms with Crippen molar-refractivity contribution >= 4 is 0 Å². The molecule has 0 fully saturated rings. The van der Waals surface area contributed by atoms with Crippen LogP contribution < -0.4 is 34.0 Å². The minimum atomic E-state index is 0. The Balaban J connectivity index is -0.000000144. The van der Waals surface area contributed by atoms with Gasteiger partial charge in [0.2, 0.25) is 0 Å². The standard InChI is InChI=1S/C6H5.C5H5.2BrH.Ti/c1-2-4-6-5-3-1;1-2-4-5-3-1;;;/h1-5H;1-5H;2*1H;/q2*-1;;;+4/p-2. The molecule has 0 saturated heterocycles. The van der Waals surface area contributed by atoms with Crippen LogP contribution in [0.25, 0.3) is 0 Å². The van der Waals surface area contributed by atoms with Gasteiger partial charge in [-0.05, 0) is 0 Å². The predicted octanol–water partition coefficient (Wildman–Crippen LogP) is -3.10. The summed E-state index contributed by atoms with van der Waals surface area (Å²) in [7, 11) is 0. The summed E-state index contributed by atoms with van der Waals surface area (Å²) >= 11 is 0. The van der Waals surface area contributed by atoms with Gasteiger partial charge in [0.15, 0.2) is 0 Å². The fourth-order valence-electron chi connectivity index (χ4n) is 0.663. The van der Waals surface area contributed by atoms with Crippen molar-refractivity contribution in [3.05, 3.63) is 66.7 Å². The Labute approximate surface area is 122 Å². The molecule has 0 aliphatic heterocycles. The molecule has 2 aromatic rings. The van der Waals surface area contributed by atoms with Crippen molar-refractivity contribution in [2.45, 2.75) is 0 Å². The zero-order valence-corrected chi connectivity index (χ0v) is 12.3. The number of hydrogen-bond acceptors (Lipinski definition) is 0. The maximum atomic E-state index is 2.89. The Kier molecular flexibility index (Phi) is 22.2. The summed E-state index contributed by atoms with van der Waals surface area (Å²) in [5.41, 5.74) is 0. The first kappa shape index (κ1) is 19.8. The molecular formula is C11H10Br2Ti. The summed E-state index contributed by atoms with van der Waals surface area (Å²) in [6.07, 6.45) is 0. The van der Waals surface area contributed by atoms with E-state index in [1.807, 2.05) is 60.7 Å². The molecule has 0 aromatic heterocycles. The summed E-state index contributed by atoms with van der Waals surface area (Å²) in [6, 6.07) is 22.5. The molecule has 0 nitrogen and oxygen atoms in total. The molecule has 0 bridgehead atoms. The molecule has 0 amide bonds. The van der Waals surface area contributed by atoms with Gasteiger partial charge in [-0.15, -0.1) is 0 Å². The molecule has 0 heterocycles. The van der Waals surface area contributed by atoms with Gasteiger partial charge in [-0.2, -0.15) is 54.6 Å². The van der Waals surface area contributed by atoms with Crippen LogP contribution in [0.5, 0.6) is 0 Å². The van der Waals surface area contributed by atoms with E-state index in [1.54, 1.807) is 0 Å². The van der Waals surface area contributed by atoms with E-state index in [0.717, 1.165) is 0 Å². The molecule has 2 rings (SSSR count). The van der Waals surface area contributed by atoms with E-state index in [1.165, 1.54) is 0 Å². The van der Waals surface area contributed by atoms with Crippen molar-refractivity contribution in [3.63, 3.8) is 0 Å². The fourth-order valence-corrected chi connectivity index (χ4v) is 0.663. The topological polar surface area (TPSA) is 0 Å². The van der Waals surface area contributed by atoms with Crippen LogP contribution >= 0.6 is 0 Å². The third-order valence-corrected chi connectivity index (χ3v) is 1.16. The Bertz CT molecular complexity index is 199. The Morgan fingerprint density at radius 2 is 1.21 bits per heavy atom. The second-order valence-corrected chi connectivity index (χ2v) is 2.04. The summed E-state index contributed by atoms with van der Waals surface area (Å²) in [5, 5.41) is 0. The first-order valence-corrected chi connectivity index (χ1v) is 3.58. The van der Waals surface area contributed by atoms with Crippen LogP contribution in [0.1, 0.15) is 0 Å². The predicted molar refractivity (Wildman–Crippen MR) is 47.3 cm³/mol. The zero-order valence-electron chi connectivity index (χ0n) is 7.53. The smallest absolute Gasteiger partial charge is 1.00 e. The van der Waals surface area contributed by atoms with E-state index in [0.29, 0.717) is 0 Å². The normalized spacial score (nSPS) is 6.29. The van der Waals surface area contributed by atoms with Crippen molar-refractivity contribution in [3.8, 4) is 0 Å². The largest absolute Gasteiger partial charge is 4.00 e. The first-order valence-electron chi connectivity index (χ1n) is 3.58. The molecule has 0 radical (unpaired) electrons. The molecular weight excluding hydrogens is 340 g/mol. The maximum Gasteiger partial charge on any atom is 4.00 e. The molecule has 0 N–H and O–H groups in total. The van der Waals surface area contributed by atoms with Crippen molar-refractivity contribution in [2.24, 2.45) is 0 Å². The molecule has 0 aliphatic rings. The number of benzene rings is 1. The van der Waals surface area contributed by atoms with E-state index in [2.05, 4.69) is 6.07 Å². The minimum absolute atomic E-state index is 0. The van der Waals surface area contributed by atoms with Gasteiger partial charge in [0, 0.05) is 0 Å². The third kappa shape index (κ3) is 12.2. The third-order valence-electron chi connectivity index (χ3n) is 1.16. The van der Waals surface area contributed by atoms with E-state index < -0.39 is 0 Å². The van der Waals surface area contributed by atoms with Gasteiger partial charge in [-0.25, -0.2) is 12.1 Å². The van der Waals surface area contributed by atoms with Gasteiger partial charge >= 0.3 is 21.7 Å². The van der Waals surface area contributed by atoms with Crippen LogP contribution in [0.3, 0.4) is 0 Å². The van der Waals surface area contributed by atoms with Crippen molar-refractivity contribution < 1.29 is 55.7 Å². The average Bonchev–Trinajstić information content (AvgIpc) is 2.64. The van der Waals surface area contributed by atoms with E-state index in [9.17, 15) is 0 Å². The van der Waals surface area contributed by atoms with E-state index >= 15 is 0 Å². The molecule has 0 unspecified atom stereocenters. The van der Waals surface area contributed by atoms with Gasteiger partial charge in [-0.3, -0.25) is 0 Å². The molecule has 0 saturated carbocycles. The first-order chi connectivity index (χ1) is 5.50. The molecule has 3 heteroatoms. The maximum absolute atomic E-state index is 2.89. The second-order valence-electron chi connectivity index (χ2n) is 2.04. The van der Waals surface area contributed by atoms with Crippen molar-refractivity contribution in [1.29, 1.82) is 0 Å². The van der Waals surface area contributed by atoms with Crippen LogP contribution in [-0.2, 0) is 21.7 Å². The van der Waals surface area contributed by atoms with E-state index in [4.69, 9.17) is 0 Å². The minimum Gasteiger partial charge on any atom is -1.00 e. The van der Waals surface area contributed by atoms with Crippen molar-refractivity contribution in [2.75, 3.05) is 0 Å². The van der Waals surface area contributed by atoms with Gasteiger partial charge in [0.1, 0.15) is 0 Å².